The summed E-state index contributed by atoms with van der Waals surface area (Å²) in [6.45, 7) is 1.33. The highest BCUT2D eigenvalue weighted by molar-refractivity contribution is 5.96. The summed E-state index contributed by atoms with van der Waals surface area (Å²) in [6, 6.07) is 17.7. The number of amides is 2. The van der Waals surface area contributed by atoms with Gasteiger partial charge >= 0.3 is 0 Å². The highest BCUT2D eigenvalue weighted by atomic mass is 16.5. The van der Waals surface area contributed by atoms with Gasteiger partial charge in [-0.1, -0.05) is 30.3 Å². The van der Waals surface area contributed by atoms with Gasteiger partial charge in [0.15, 0.2) is 5.76 Å². The maximum absolute atomic E-state index is 13.1. The third kappa shape index (κ3) is 4.67. The Hall–Kier alpha value is -3.28. The average Bonchev–Trinajstić information content (AvgIpc) is 3.64. The van der Waals surface area contributed by atoms with Gasteiger partial charge in [0, 0.05) is 37.5 Å². The number of furan rings is 1. The van der Waals surface area contributed by atoms with Gasteiger partial charge in [0.25, 0.3) is 5.91 Å². The lowest BCUT2D eigenvalue weighted by atomic mass is 9.84. The number of carbonyl (C=O) groups excluding carboxylic acids is 2. The summed E-state index contributed by atoms with van der Waals surface area (Å²) >= 11 is 0. The first-order chi connectivity index (χ1) is 16.5. The fourth-order valence-corrected chi connectivity index (χ4v) is 5.17. The molecule has 5 rings (SSSR count). The van der Waals surface area contributed by atoms with Crippen molar-refractivity contribution >= 4 is 22.8 Å². The van der Waals surface area contributed by atoms with Crippen LogP contribution < -0.4 is 4.74 Å². The Kier molecular flexibility index (Phi) is 6.31. The smallest absolute Gasteiger partial charge is 0.289 e. The van der Waals surface area contributed by atoms with E-state index in [1.165, 1.54) is 5.56 Å². The van der Waals surface area contributed by atoms with Crippen molar-refractivity contribution in [3.8, 4) is 5.75 Å². The molecular weight excluding hydrogens is 428 g/mol. The first kappa shape index (κ1) is 22.5. The molecule has 1 aliphatic heterocycles. The number of methoxy groups -OCH3 is 1. The molecule has 1 aromatic heterocycles. The van der Waals surface area contributed by atoms with Gasteiger partial charge in [-0.05, 0) is 67.9 Å². The normalized spacial score (nSPS) is 17.5. The van der Waals surface area contributed by atoms with Crippen molar-refractivity contribution in [1.29, 1.82) is 0 Å². The van der Waals surface area contributed by atoms with Gasteiger partial charge in [0.2, 0.25) is 5.91 Å². The highest BCUT2D eigenvalue weighted by Gasteiger charge is 2.38. The number of carbonyl (C=O) groups is 2. The fraction of sp³-hybridized carbons (Fsp3) is 0.429. The average molecular weight is 461 g/mol. The second-order valence-corrected chi connectivity index (χ2v) is 9.62. The van der Waals surface area contributed by atoms with E-state index in [0.29, 0.717) is 24.8 Å². The number of piperidine rings is 1. The van der Waals surface area contributed by atoms with Crippen LogP contribution in [-0.2, 0) is 11.2 Å². The van der Waals surface area contributed by atoms with Crippen molar-refractivity contribution in [2.75, 3.05) is 27.2 Å². The van der Waals surface area contributed by atoms with Crippen molar-refractivity contribution < 1.29 is 18.7 Å². The van der Waals surface area contributed by atoms with Crippen LogP contribution in [-0.4, -0.2) is 54.9 Å². The van der Waals surface area contributed by atoms with Gasteiger partial charge in [-0.3, -0.25) is 9.59 Å². The van der Waals surface area contributed by atoms with Crippen LogP contribution >= 0.6 is 0 Å². The summed E-state index contributed by atoms with van der Waals surface area (Å²) < 4.78 is 11.2. The summed E-state index contributed by atoms with van der Waals surface area (Å²) in [5, 5.41) is 0.944. The lowest BCUT2D eigenvalue weighted by molar-refractivity contribution is -0.134. The van der Waals surface area contributed by atoms with Crippen molar-refractivity contribution in [1.82, 2.24) is 9.80 Å². The fourth-order valence-electron chi connectivity index (χ4n) is 5.17. The van der Waals surface area contributed by atoms with Crippen LogP contribution in [0.3, 0.4) is 0 Å². The molecule has 178 valence electrons. The van der Waals surface area contributed by atoms with E-state index in [4.69, 9.17) is 9.15 Å². The van der Waals surface area contributed by atoms with E-state index in [1.807, 2.05) is 59.3 Å². The molecule has 1 saturated heterocycles. The number of likely N-dealkylation sites (N-methyl/N-ethyl adjacent to an activating group) is 1. The Morgan fingerprint density at radius 1 is 1.06 bits per heavy atom. The maximum atomic E-state index is 13.1. The SMILES string of the molecule is COc1cccc(CC(C2CCN(C(=O)c3cc4ccccc4o3)CC2)N(C)C(=O)C2CC2)c1. The standard InChI is InChI=1S/C28H32N2O4/c1-29(27(31)21-10-11-21)24(17-19-6-5-8-23(16-19)33-2)20-12-14-30(15-13-20)28(32)26-18-22-7-3-4-9-25(22)34-26/h3-9,16,18,20-21,24H,10-15,17H2,1-2H3. The van der Waals surface area contributed by atoms with Crippen LogP contribution in [0.5, 0.6) is 5.75 Å². The van der Waals surface area contributed by atoms with Crippen molar-refractivity contribution in [3.05, 3.63) is 65.9 Å². The molecule has 1 unspecified atom stereocenters. The number of hydrogen-bond acceptors (Lipinski definition) is 4. The van der Waals surface area contributed by atoms with E-state index in [9.17, 15) is 9.59 Å². The molecular formula is C28H32N2O4. The van der Waals surface area contributed by atoms with Crippen molar-refractivity contribution in [2.24, 2.45) is 11.8 Å². The van der Waals surface area contributed by atoms with Crippen LogP contribution in [0.2, 0.25) is 0 Å². The molecule has 6 nitrogen and oxygen atoms in total. The van der Waals surface area contributed by atoms with Gasteiger partial charge in [-0.25, -0.2) is 0 Å². The lowest BCUT2D eigenvalue weighted by Gasteiger charge is -2.40. The zero-order valence-corrected chi connectivity index (χ0v) is 19.9. The van der Waals surface area contributed by atoms with Crippen LogP contribution in [0.1, 0.15) is 41.8 Å². The molecule has 2 fully saturated rings. The van der Waals surface area contributed by atoms with Gasteiger partial charge in [-0.15, -0.1) is 0 Å². The quantitative estimate of drug-likeness (QED) is 0.509. The minimum absolute atomic E-state index is 0.0543. The largest absolute Gasteiger partial charge is 0.497 e. The van der Waals surface area contributed by atoms with E-state index in [2.05, 4.69) is 12.1 Å². The zero-order valence-electron chi connectivity index (χ0n) is 19.9. The molecule has 0 radical (unpaired) electrons. The number of likely N-dealkylation sites (tertiary alicyclic amines) is 1. The van der Waals surface area contributed by atoms with Gasteiger partial charge in [0.1, 0.15) is 11.3 Å². The molecule has 1 atom stereocenters. The molecule has 34 heavy (non-hydrogen) atoms. The Labute approximate surface area is 200 Å². The van der Waals surface area contributed by atoms with Crippen molar-refractivity contribution in [3.63, 3.8) is 0 Å². The number of rotatable bonds is 7. The monoisotopic (exact) mass is 460 g/mol. The van der Waals surface area contributed by atoms with Crippen LogP contribution in [0.15, 0.2) is 59.0 Å². The Bertz CT molecular complexity index is 1140. The van der Waals surface area contributed by atoms with Crippen LogP contribution in [0.25, 0.3) is 11.0 Å². The number of ether oxygens (including phenoxy) is 1. The molecule has 2 heterocycles. The summed E-state index contributed by atoms with van der Waals surface area (Å²) in [6.07, 6.45) is 4.51. The van der Waals surface area contributed by atoms with E-state index in [0.717, 1.165) is 48.8 Å². The molecule has 2 aliphatic rings. The zero-order chi connectivity index (χ0) is 23.7. The number of fused-ring (bicyclic) bond motifs is 1. The number of benzene rings is 2. The van der Waals surface area contributed by atoms with E-state index in [-0.39, 0.29) is 23.8 Å². The topological polar surface area (TPSA) is 63.0 Å². The molecule has 0 spiro atoms. The second-order valence-electron chi connectivity index (χ2n) is 9.62. The lowest BCUT2D eigenvalue weighted by Crippen LogP contribution is -2.48. The number of nitrogens with zero attached hydrogens (tertiary/aromatic N) is 2. The van der Waals surface area contributed by atoms with E-state index < -0.39 is 0 Å². The van der Waals surface area contributed by atoms with Gasteiger partial charge < -0.3 is 19.0 Å². The molecule has 6 heteroatoms. The summed E-state index contributed by atoms with van der Waals surface area (Å²) in [4.78, 5) is 29.9. The summed E-state index contributed by atoms with van der Waals surface area (Å²) in [5.74, 6) is 1.95. The number of hydrogen-bond donors (Lipinski definition) is 0. The second kappa shape index (κ2) is 9.53. The predicted octanol–water partition coefficient (Wildman–Crippen LogP) is 4.77. The molecule has 1 saturated carbocycles. The maximum Gasteiger partial charge on any atom is 0.289 e. The molecule has 1 aliphatic carbocycles. The van der Waals surface area contributed by atoms with E-state index in [1.54, 1.807) is 7.11 Å². The Morgan fingerprint density at radius 3 is 2.53 bits per heavy atom. The first-order valence-corrected chi connectivity index (χ1v) is 12.2. The predicted molar refractivity (Wildman–Crippen MR) is 131 cm³/mol. The third-order valence-corrected chi connectivity index (χ3v) is 7.36. The highest BCUT2D eigenvalue weighted by Crippen LogP contribution is 2.34. The molecule has 2 aromatic carbocycles. The Morgan fingerprint density at radius 2 is 1.82 bits per heavy atom. The van der Waals surface area contributed by atoms with Gasteiger partial charge in [0.05, 0.1) is 7.11 Å². The molecule has 2 amide bonds. The van der Waals surface area contributed by atoms with Crippen LogP contribution in [0.4, 0.5) is 0 Å². The minimum atomic E-state index is -0.0543. The van der Waals surface area contributed by atoms with E-state index >= 15 is 0 Å². The third-order valence-electron chi connectivity index (χ3n) is 7.36. The summed E-state index contributed by atoms with van der Waals surface area (Å²) in [5.41, 5.74) is 1.90. The van der Waals surface area contributed by atoms with Gasteiger partial charge in [-0.2, -0.15) is 0 Å². The Balaban J connectivity index is 1.29. The first-order valence-electron chi connectivity index (χ1n) is 12.2. The molecule has 0 bridgehead atoms. The van der Waals surface area contributed by atoms with Crippen LogP contribution in [0, 0.1) is 11.8 Å². The van der Waals surface area contributed by atoms with Crippen molar-refractivity contribution in [2.45, 2.75) is 38.1 Å². The molecule has 3 aromatic rings. The molecule has 0 N–H and O–H groups in total. The summed E-state index contributed by atoms with van der Waals surface area (Å²) in [7, 11) is 3.63. The number of para-hydroxylation sites is 1. The minimum Gasteiger partial charge on any atom is -0.497 e.